The van der Waals surface area contributed by atoms with Crippen LogP contribution < -0.4 is 10.4 Å². The summed E-state index contributed by atoms with van der Waals surface area (Å²) in [5.41, 5.74) is -4.17. The van der Waals surface area contributed by atoms with E-state index in [9.17, 15) is 10.2 Å². The first-order valence-corrected chi connectivity index (χ1v) is 12.9. The smallest absolute Gasteiger partial charge is 0.378 e. The van der Waals surface area contributed by atoms with Gasteiger partial charge in [-0.25, -0.2) is 0 Å². The van der Waals surface area contributed by atoms with E-state index < -0.39 is 31.0 Å². The van der Waals surface area contributed by atoms with E-state index in [1.54, 1.807) is 27.7 Å². The quantitative estimate of drug-likeness (QED) is 0.508. The van der Waals surface area contributed by atoms with Crippen LogP contribution in [0.3, 0.4) is 0 Å². The number of hydrogen-bond acceptors (Lipinski definition) is 4. The van der Waals surface area contributed by atoms with Gasteiger partial charge in [-0.15, -0.1) is 0 Å². The summed E-state index contributed by atoms with van der Waals surface area (Å²) in [6.07, 6.45) is 0. The van der Waals surface area contributed by atoms with E-state index >= 15 is 0 Å². The Morgan fingerprint density at radius 2 is 0.848 bits per heavy atom. The molecule has 2 aromatic rings. The average Bonchev–Trinajstić information content (AvgIpc) is 2.71. The van der Waals surface area contributed by atoms with Gasteiger partial charge in [-0.05, 0) is 65.8 Å². The Hall–Kier alpha value is -2.38. The van der Waals surface area contributed by atoms with E-state index in [0.717, 1.165) is 10.4 Å². The molecule has 0 spiro atoms. The summed E-state index contributed by atoms with van der Waals surface area (Å²) in [5, 5.41) is 22.1. The van der Waals surface area contributed by atoms with E-state index in [1.807, 2.05) is 88.4 Å². The standard InChI is InChI=1S/C28H36O4Si/c1-25(2,29)19-21-27(5,6)31-33(23-15-11-9-12-16-23,24-17-13-10-14-18-24)32-28(7,8)22-20-26(3,4)30/h9-18,29-30H,1-8H3. The van der Waals surface area contributed by atoms with Crippen LogP contribution >= 0.6 is 0 Å². The first kappa shape index (κ1) is 26.9. The fourth-order valence-corrected chi connectivity index (χ4v) is 6.76. The van der Waals surface area contributed by atoms with Crippen molar-refractivity contribution < 1.29 is 19.1 Å². The molecule has 5 heteroatoms. The molecule has 0 aliphatic rings. The van der Waals surface area contributed by atoms with Gasteiger partial charge in [0.05, 0.1) is 0 Å². The molecular weight excluding hydrogens is 428 g/mol. The molecule has 176 valence electrons. The minimum Gasteiger partial charge on any atom is -0.378 e. The van der Waals surface area contributed by atoms with Gasteiger partial charge in [0.2, 0.25) is 0 Å². The molecule has 0 amide bonds. The van der Waals surface area contributed by atoms with E-state index in [0.29, 0.717) is 0 Å². The van der Waals surface area contributed by atoms with Crippen LogP contribution in [0.25, 0.3) is 0 Å². The molecule has 0 aliphatic carbocycles. The third-order valence-corrected chi connectivity index (χ3v) is 8.23. The van der Waals surface area contributed by atoms with E-state index in [4.69, 9.17) is 8.85 Å². The number of rotatable bonds is 6. The summed E-state index contributed by atoms with van der Waals surface area (Å²) in [6, 6.07) is 19.7. The first-order valence-electron chi connectivity index (χ1n) is 11.1. The van der Waals surface area contributed by atoms with Crippen molar-refractivity contribution in [3.63, 3.8) is 0 Å². The third kappa shape index (κ3) is 8.48. The zero-order valence-corrected chi connectivity index (χ0v) is 22.0. The van der Waals surface area contributed by atoms with Gasteiger partial charge in [0, 0.05) is 0 Å². The van der Waals surface area contributed by atoms with Gasteiger partial charge in [-0.3, -0.25) is 0 Å². The molecule has 2 N–H and O–H groups in total. The van der Waals surface area contributed by atoms with Crippen LogP contribution in [0.15, 0.2) is 60.7 Å². The van der Waals surface area contributed by atoms with Crippen molar-refractivity contribution in [3.8, 4) is 23.7 Å². The van der Waals surface area contributed by atoms with Crippen molar-refractivity contribution >= 4 is 18.9 Å². The fourth-order valence-electron chi connectivity index (χ4n) is 3.11. The lowest BCUT2D eigenvalue weighted by Gasteiger charge is -2.40. The number of benzene rings is 2. The summed E-state index contributed by atoms with van der Waals surface area (Å²) < 4.78 is 13.7. The van der Waals surface area contributed by atoms with Crippen LogP contribution in [0.5, 0.6) is 0 Å². The Morgan fingerprint density at radius 1 is 0.545 bits per heavy atom. The first-order chi connectivity index (χ1) is 15.0. The molecule has 0 aromatic heterocycles. The molecule has 33 heavy (non-hydrogen) atoms. The second-order valence-electron chi connectivity index (χ2n) is 10.2. The van der Waals surface area contributed by atoms with E-state index in [1.165, 1.54) is 0 Å². The van der Waals surface area contributed by atoms with Crippen molar-refractivity contribution in [2.24, 2.45) is 0 Å². The minimum atomic E-state index is -3.38. The van der Waals surface area contributed by atoms with Crippen LogP contribution in [0, 0.1) is 23.7 Å². The molecule has 4 nitrogen and oxygen atoms in total. The van der Waals surface area contributed by atoms with Gasteiger partial charge in [0.15, 0.2) is 0 Å². The Labute approximate surface area is 200 Å². The summed E-state index contributed by atoms with van der Waals surface area (Å²) in [6.45, 7) is 14.1. The monoisotopic (exact) mass is 464 g/mol. The van der Waals surface area contributed by atoms with Crippen LogP contribution in [0.2, 0.25) is 0 Å². The Bertz CT molecular complexity index is 951. The summed E-state index contributed by atoms with van der Waals surface area (Å²) in [7, 11) is -3.38. The van der Waals surface area contributed by atoms with Crippen molar-refractivity contribution in [2.45, 2.75) is 77.8 Å². The molecule has 0 aliphatic heterocycles. The maximum absolute atomic E-state index is 10.2. The number of hydrogen-bond donors (Lipinski definition) is 2. The van der Waals surface area contributed by atoms with E-state index in [2.05, 4.69) is 23.7 Å². The largest absolute Gasteiger partial charge is 0.409 e. The normalized spacial score (nSPS) is 12.9. The Morgan fingerprint density at radius 3 is 1.12 bits per heavy atom. The van der Waals surface area contributed by atoms with Gasteiger partial charge in [-0.1, -0.05) is 84.3 Å². The van der Waals surface area contributed by atoms with Crippen molar-refractivity contribution in [3.05, 3.63) is 60.7 Å². The van der Waals surface area contributed by atoms with Crippen LogP contribution in [0.1, 0.15) is 55.4 Å². The highest BCUT2D eigenvalue weighted by Crippen LogP contribution is 2.25. The number of aliphatic hydroxyl groups is 2. The zero-order chi connectivity index (χ0) is 25.0. The van der Waals surface area contributed by atoms with Crippen molar-refractivity contribution in [2.75, 3.05) is 0 Å². The van der Waals surface area contributed by atoms with Crippen molar-refractivity contribution in [1.29, 1.82) is 0 Å². The molecule has 0 radical (unpaired) electrons. The van der Waals surface area contributed by atoms with Crippen LogP contribution in [-0.2, 0) is 8.85 Å². The summed E-state index contributed by atoms with van der Waals surface area (Å²) in [5.74, 6) is 11.9. The van der Waals surface area contributed by atoms with Gasteiger partial charge in [-0.2, -0.15) is 0 Å². The Balaban J connectivity index is 2.74. The fraction of sp³-hybridized carbons (Fsp3) is 0.429. The van der Waals surface area contributed by atoms with Gasteiger partial charge in [0.1, 0.15) is 22.4 Å². The SMILES string of the molecule is CC(C)(O)C#CC(C)(C)O[Si](OC(C)(C)C#CC(C)(C)O)(c1ccccc1)c1ccccc1. The predicted octanol–water partition coefficient (Wildman–Crippen LogP) is 3.38. The second kappa shape index (κ2) is 9.85. The predicted molar refractivity (Wildman–Crippen MR) is 136 cm³/mol. The Kier molecular flexibility index (Phi) is 8.02. The lowest BCUT2D eigenvalue weighted by Crippen LogP contribution is -2.68. The molecule has 0 fully saturated rings. The average molecular weight is 465 g/mol. The lowest BCUT2D eigenvalue weighted by atomic mass is 10.1. The van der Waals surface area contributed by atoms with E-state index in [-0.39, 0.29) is 0 Å². The molecular formula is C28H36O4Si. The van der Waals surface area contributed by atoms with Crippen LogP contribution in [-0.4, -0.2) is 41.2 Å². The molecule has 2 aromatic carbocycles. The highest BCUT2D eigenvalue weighted by Gasteiger charge is 2.49. The summed E-state index contributed by atoms with van der Waals surface area (Å²) in [4.78, 5) is 0. The molecule has 0 saturated carbocycles. The van der Waals surface area contributed by atoms with Crippen molar-refractivity contribution in [1.82, 2.24) is 0 Å². The maximum Gasteiger partial charge on any atom is 0.409 e. The third-order valence-electron chi connectivity index (χ3n) is 4.44. The minimum absolute atomic E-state index is 0.910. The maximum atomic E-state index is 10.2. The van der Waals surface area contributed by atoms with Gasteiger partial charge in [0.25, 0.3) is 0 Å². The molecule has 0 unspecified atom stereocenters. The highest BCUT2D eigenvalue weighted by molar-refractivity contribution is 6.92. The molecule has 0 bridgehead atoms. The second-order valence-corrected chi connectivity index (χ2v) is 13.0. The zero-order valence-electron chi connectivity index (χ0n) is 21.0. The highest BCUT2D eigenvalue weighted by atomic mass is 28.4. The summed E-state index contributed by atoms with van der Waals surface area (Å²) >= 11 is 0. The van der Waals surface area contributed by atoms with Crippen LogP contribution in [0.4, 0.5) is 0 Å². The molecule has 2 rings (SSSR count). The van der Waals surface area contributed by atoms with Gasteiger partial charge >= 0.3 is 8.56 Å². The lowest BCUT2D eigenvalue weighted by molar-refractivity contribution is 0.0626. The van der Waals surface area contributed by atoms with Gasteiger partial charge < -0.3 is 19.1 Å². The molecule has 0 heterocycles. The molecule has 0 saturated heterocycles. The molecule has 0 atom stereocenters. The topological polar surface area (TPSA) is 58.9 Å².